The first-order chi connectivity index (χ1) is 9.22. The topological polar surface area (TPSA) is 21.3 Å². The van der Waals surface area contributed by atoms with Gasteiger partial charge in [0, 0.05) is 12.5 Å². The molecule has 0 aromatic heterocycles. The fraction of sp³-hybridized carbons (Fsp3) is 0.647. The first-order valence-electron chi connectivity index (χ1n) is 7.72. The van der Waals surface area contributed by atoms with Gasteiger partial charge in [-0.1, -0.05) is 38.0 Å². The van der Waals surface area contributed by atoms with Crippen LogP contribution in [0.5, 0.6) is 5.75 Å². The SMILES string of the molecule is CCCC(CCC1Cc2cc(C)ccc2O1)NCC. The highest BCUT2D eigenvalue weighted by molar-refractivity contribution is 5.40. The lowest BCUT2D eigenvalue weighted by Gasteiger charge is -2.19. The van der Waals surface area contributed by atoms with Crippen molar-refractivity contribution < 1.29 is 4.74 Å². The lowest BCUT2D eigenvalue weighted by Crippen LogP contribution is -2.30. The quantitative estimate of drug-likeness (QED) is 0.805. The minimum absolute atomic E-state index is 0.384. The van der Waals surface area contributed by atoms with E-state index in [1.165, 1.54) is 30.4 Å². The predicted octanol–water partition coefficient (Wildman–Crippen LogP) is 3.86. The van der Waals surface area contributed by atoms with Gasteiger partial charge in [-0.15, -0.1) is 0 Å². The van der Waals surface area contributed by atoms with Gasteiger partial charge in [0.2, 0.25) is 0 Å². The van der Waals surface area contributed by atoms with Gasteiger partial charge in [-0.2, -0.15) is 0 Å². The fourth-order valence-corrected chi connectivity index (χ4v) is 2.98. The molecule has 0 saturated heterocycles. The van der Waals surface area contributed by atoms with Gasteiger partial charge in [0.1, 0.15) is 11.9 Å². The molecule has 1 aliphatic rings. The maximum Gasteiger partial charge on any atom is 0.123 e. The number of nitrogens with one attached hydrogen (secondary N) is 1. The van der Waals surface area contributed by atoms with E-state index in [4.69, 9.17) is 4.74 Å². The van der Waals surface area contributed by atoms with Crippen molar-refractivity contribution in [3.8, 4) is 5.75 Å². The van der Waals surface area contributed by atoms with Crippen LogP contribution in [0.25, 0.3) is 0 Å². The van der Waals surface area contributed by atoms with Gasteiger partial charge in [0.05, 0.1) is 0 Å². The third-order valence-electron chi connectivity index (χ3n) is 3.92. The number of ether oxygens (including phenoxy) is 1. The molecular formula is C17H27NO. The molecule has 0 fully saturated rings. The van der Waals surface area contributed by atoms with Crippen molar-refractivity contribution in [3.05, 3.63) is 29.3 Å². The summed E-state index contributed by atoms with van der Waals surface area (Å²) in [7, 11) is 0. The summed E-state index contributed by atoms with van der Waals surface area (Å²) in [6.07, 6.45) is 6.37. The Kier molecular flexibility index (Phi) is 5.26. The molecule has 2 nitrogen and oxygen atoms in total. The maximum atomic E-state index is 6.04. The van der Waals surface area contributed by atoms with Crippen molar-refractivity contribution in [2.45, 2.75) is 65.0 Å². The Morgan fingerprint density at radius 2 is 2.16 bits per heavy atom. The smallest absolute Gasteiger partial charge is 0.123 e. The van der Waals surface area contributed by atoms with Crippen LogP contribution >= 0.6 is 0 Å². The summed E-state index contributed by atoms with van der Waals surface area (Å²) in [6, 6.07) is 7.19. The highest BCUT2D eigenvalue weighted by Crippen LogP contribution is 2.31. The Morgan fingerprint density at radius 1 is 1.32 bits per heavy atom. The number of rotatable bonds is 7. The van der Waals surface area contributed by atoms with Crippen molar-refractivity contribution in [1.29, 1.82) is 0 Å². The van der Waals surface area contributed by atoms with E-state index >= 15 is 0 Å². The largest absolute Gasteiger partial charge is 0.490 e. The third kappa shape index (κ3) is 3.97. The Morgan fingerprint density at radius 3 is 2.89 bits per heavy atom. The van der Waals surface area contributed by atoms with Crippen molar-refractivity contribution in [2.24, 2.45) is 0 Å². The van der Waals surface area contributed by atoms with Crippen LogP contribution in [0.15, 0.2) is 18.2 Å². The van der Waals surface area contributed by atoms with Gasteiger partial charge < -0.3 is 10.1 Å². The van der Waals surface area contributed by atoms with E-state index in [1.54, 1.807) is 0 Å². The molecular weight excluding hydrogens is 234 g/mol. The van der Waals surface area contributed by atoms with E-state index in [9.17, 15) is 0 Å². The fourth-order valence-electron chi connectivity index (χ4n) is 2.98. The summed E-state index contributed by atoms with van der Waals surface area (Å²) >= 11 is 0. The van der Waals surface area contributed by atoms with E-state index < -0.39 is 0 Å². The van der Waals surface area contributed by atoms with Gasteiger partial charge in [-0.3, -0.25) is 0 Å². The second kappa shape index (κ2) is 6.95. The average Bonchev–Trinajstić information content (AvgIpc) is 2.78. The van der Waals surface area contributed by atoms with Gasteiger partial charge in [-0.05, 0) is 44.4 Å². The van der Waals surface area contributed by atoms with Crippen LogP contribution < -0.4 is 10.1 Å². The highest BCUT2D eigenvalue weighted by Gasteiger charge is 2.23. The van der Waals surface area contributed by atoms with Crippen LogP contribution in [0.1, 0.15) is 50.7 Å². The van der Waals surface area contributed by atoms with Gasteiger partial charge in [-0.25, -0.2) is 0 Å². The average molecular weight is 261 g/mol. The summed E-state index contributed by atoms with van der Waals surface area (Å²) in [5.41, 5.74) is 2.72. The third-order valence-corrected chi connectivity index (χ3v) is 3.92. The van der Waals surface area contributed by atoms with Crippen molar-refractivity contribution in [3.63, 3.8) is 0 Å². The maximum absolute atomic E-state index is 6.04. The standard InChI is InChI=1S/C17H27NO/c1-4-6-15(18-5-2)8-9-16-12-14-11-13(3)7-10-17(14)19-16/h7,10-11,15-16,18H,4-6,8-9,12H2,1-3H3. The summed E-state index contributed by atoms with van der Waals surface area (Å²) in [6.45, 7) is 7.66. The minimum Gasteiger partial charge on any atom is -0.490 e. The summed E-state index contributed by atoms with van der Waals surface area (Å²) in [5, 5.41) is 3.58. The van der Waals surface area contributed by atoms with E-state index in [2.05, 4.69) is 44.3 Å². The van der Waals surface area contributed by atoms with E-state index in [0.717, 1.165) is 25.1 Å². The van der Waals surface area contributed by atoms with Crippen LogP contribution in [-0.2, 0) is 6.42 Å². The molecule has 1 aromatic rings. The first kappa shape index (κ1) is 14.4. The summed E-state index contributed by atoms with van der Waals surface area (Å²) in [5.74, 6) is 1.10. The van der Waals surface area contributed by atoms with Crippen LogP contribution in [0, 0.1) is 6.92 Å². The van der Waals surface area contributed by atoms with Crippen LogP contribution in [0.4, 0.5) is 0 Å². The van der Waals surface area contributed by atoms with E-state index in [-0.39, 0.29) is 0 Å². The molecule has 19 heavy (non-hydrogen) atoms. The Bertz CT molecular complexity index is 396. The lowest BCUT2D eigenvalue weighted by atomic mass is 10.0. The molecule has 0 radical (unpaired) electrons. The molecule has 0 bridgehead atoms. The zero-order valence-electron chi connectivity index (χ0n) is 12.5. The molecule has 1 heterocycles. The molecule has 2 unspecified atom stereocenters. The van der Waals surface area contributed by atoms with Crippen LogP contribution in [0.2, 0.25) is 0 Å². The Labute approximate surface area is 117 Å². The van der Waals surface area contributed by atoms with E-state index in [1.807, 2.05) is 0 Å². The molecule has 0 aliphatic carbocycles. The van der Waals surface area contributed by atoms with Crippen LogP contribution in [0.3, 0.4) is 0 Å². The molecule has 1 N–H and O–H groups in total. The molecule has 2 rings (SSSR count). The van der Waals surface area contributed by atoms with Crippen molar-refractivity contribution >= 4 is 0 Å². The molecule has 0 amide bonds. The van der Waals surface area contributed by atoms with Gasteiger partial charge in [0.15, 0.2) is 0 Å². The number of fused-ring (bicyclic) bond motifs is 1. The molecule has 1 aliphatic heterocycles. The lowest BCUT2D eigenvalue weighted by molar-refractivity contribution is 0.209. The summed E-state index contributed by atoms with van der Waals surface area (Å²) < 4.78 is 6.04. The predicted molar refractivity (Wildman–Crippen MR) is 80.9 cm³/mol. The zero-order chi connectivity index (χ0) is 13.7. The molecule has 0 spiro atoms. The number of aryl methyl sites for hydroxylation is 1. The van der Waals surface area contributed by atoms with Crippen LogP contribution in [-0.4, -0.2) is 18.7 Å². The van der Waals surface area contributed by atoms with E-state index in [0.29, 0.717) is 12.1 Å². The normalized spacial score (nSPS) is 19.0. The molecule has 2 atom stereocenters. The monoisotopic (exact) mass is 261 g/mol. The van der Waals surface area contributed by atoms with Gasteiger partial charge in [0.25, 0.3) is 0 Å². The Balaban J connectivity index is 1.82. The number of hydrogen-bond donors (Lipinski definition) is 1. The summed E-state index contributed by atoms with van der Waals surface area (Å²) in [4.78, 5) is 0. The highest BCUT2D eigenvalue weighted by atomic mass is 16.5. The molecule has 2 heteroatoms. The molecule has 0 saturated carbocycles. The zero-order valence-corrected chi connectivity index (χ0v) is 12.5. The second-order valence-corrected chi connectivity index (χ2v) is 5.68. The van der Waals surface area contributed by atoms with Gasteiger partial charge >= 0.3 is 0 Å². The van der Waals surface area contributed by atoms with Crippen molar-refractivity contribution in [1.82, 2.24) is 5.32 Å². The second-order valence-electron chi connectivity index (χ2n) is 5.68. The number of hydrogen-bond acceptors (Lipinski definition) is 2. The Hall–Kier alpha value is -1.02. The first-order valence-corrected chi connectivity index (χ1v) is 7.72. The van der Waals surface area contributed by atoms with Crippen molar-refractivity contribution in [2.75, 3.05) is 6.54 Å². The minimum atomic E-state index is 0.384. The number of benzene rings is 1. The molecule has 1 aromatic carbocycles. The molecule has 106 valence electrons.